The van der Waals surface area contributed by atoms with Crippen LogP contribution in [0.15, 0.2) is 9.59 Å². The maximum absolute atomic E-state index is 12.1. The summed E-state index contributed by atoms with van der Waals surface area (Å²) in [6.07, 6.45) is -0.191. The van der Waals surface area contributed by atoms with Crippen LogP contribution in [0.2, 0.25) is 0 Å². The van der Waals surface area contributed by atoms with E-state index in [0.29, 0.717) is 17.0 Å². The van der Waals surface area contributed by atoms with Crippen LogP contribution < -0.4 is 11.2 Å². The fourth-order valence-corrected chi connectivity index (χ4v) is 2.10. The third-order valence-electron chi connectivity index (χ3n) is 3.27. The number of aliphatic carboxylic acids is 1. The number of hydrogen-bond donors (Lipinski definition) is 1. The van der Waals surface area contributed by atoms with Crippen LogP contribution in [-0.4, -0.2) is 35.2 Å². The van der Waals surface area contributed by atoms with Gasteiger partial charge >= 0.3 is 17.2 Å². The van der Waals surface area contributed by atoms with Crippen LogP contribution in [0.5, 0.6) is 0 Å². The number of rotatable bonds is 3. The molecule has 21 heavy (non-hydrogen) atoms. The predicted molar refractivity (Wildman–Crippen MR) is 72.7 cm³/mol. The molecule has 2 aromatic heterocycles. The van der Waals surface area contributed by atoms with Gasteiger partial charge in [-0.2, -0.15) is 5.10 Å². The van der Waals surface area contributed by atoms with E-state index in [1.54, 1.807) is 13.8 Å². The van der Waals surface area contributed by atoms with Gasteiger partial charge < -0.3 is 5.11 Å². The molecule has 0 saturated heterocycles. The van der Waals surface area contributed by atoms with Crippen molar-refractivity contribution < 1.29 is 9.90 Å². The van der Waals surface area contributed by atoms with Gasteiger partial charge in [0.1, 0.15) is 0 Å². The molecule has 0 amide bonds. The lowest BCUT2D eigenvalue weighted by molar-refractivity contribution is -0.136. The molecule has 2 aromatic rings. The lowest BCUT2D eigenvalue weighted by Gasteiger charge is -2.07. The van der Waals surface area contributed by atoms with Crippen molar-refractivity contribution in [3.05, 3.63) is 37.8 Å². The second-order valence-corrected chi connectivity index (χ2v) is 4.73. The number of hydrogen-bond acceptors (Lipinski definition) is 5. The summed E-state index contributed by atoms with van der Waals surface area (Å²) in [5.74, 6) is -1.03. The summed E-state index contributed by atoms with van der Waals surface area (Å²) in [6.45, 7) is 3.32. The molecule has 0 unspecified atom stereocenters. The highest BCUT2D eigenvalue weighted by molar-refractivity contribution is 5.71. The summed E-state index contributed by atoms with van der Waals surface area (Å²) in [5, 5.41) is 17.0. The fraction of sp³-hybridized carbons (Fsp3) is 0.417. The van der Waals surface area contributed by atoms with Gasteiger partial charge in [-0.25, -0.2) is 14.2 Å². The average Bonchev–Trinajstić information content (AvgIpc) is 2.68. The highest BCUT2D eigenvalue weighted by Gasteiger charge is 2.19. The van der Waals surface area contributed by atoms with E-state index in [4.69, 9.17) is 5.11 Å². The molecule has 9 nitrogen and oxygen atoms in total. The molecule has 0 aliphatic carbocycles. The van der Waals surface area contributed by atoms with Crippen LogP contribution >= 0.6 is 0 Å². The standard InChI is InChI=1S/C12H15N5O4/c1-6-8(5-9(18)19)7(2)17(13-6)10-11(20)15(3)12(21)16(4)14-10/h5H2,1-4H3,(H,18,19). The van der Waals surface area contributed by atoms with Crippen molar-refractivity contribution in [2.45, 2.75) is 20.3 Å². The maximum atomic E-state index is 12.1. The van der Waals surface area contributed by atoms with E-state index in [1.165, 1.54) is 18.8 Å². The predicted octanol–water partition coefficient (Wildman–Crippen LogP) is -1.09. The molecule has 0 aliphatic rings. The number of carboxylic acid groups (broad SMARTS) is 1. The first-order valence-corrected chi connectivity index (χ1v) is 6.15. The van der Waals surface area contributed by atoms with Crippen LogP contribution in [0.1, 0.15) is 17.0 Å². The Morgan fingerprint density at radius 1 is 1.19 bits per heavy atom. The van der Waals surface area contributed by atoms with Crippen LogP contribution in [0.4, 0.5) is 0 Å². The lowest BCUT2D eigenvalue weighted by atomic mass is 10.1. The van der Waals surface area contributed by atoms with E-state index in [1.807, 2.05) is 0 Å². The molecule has 0 atom stereocenters. The number of aromatic nitrogens is 5. The third kappa shape index (κ3) is 2.37. The highest BCUT2D eigenvalue weighted by Crippen LogP contribution is 2.15. The van der Waals surface area contributed by atoms with E-state index in [9.17, 15) is 14.4 Å². The van der Waals surface area contributed by atoms with Gasteiger partial charge in [-0.3, -0.25) is 14.2 Å². The minimum absolute atomic E-state index is 0.0446. The molecular weight excluding hydrogens is 278 g/mol. The SMILES string of the molecule is Cc1nn(-c2nn(C)c(=O)n(C)c2=O)c(C)c1CC(=O)O. The summed E-state index contributed by atoms with van der Waals surface area (Å²) in [4.78, 5) is 34.7. The van der Waals surface area contributed by atoms with Crippen molar-refractivity contribution in [1.29, 1.82) is 0 Å². The Labute approximate surface area is 119 Å². The summed E-state index contributed by atoms with van der Waals surface area (Å²) >= 11 is 0. The second kappa shape index (κ2) is 5.00. The zero-order chi connectivity index (χ0) is 15.9. The van der Waals surface area contributed by atoms with Crippen molar-refractivity contribution >= 4 is 5.97 Å². The molecular formula is C12H15N5O4. The summed E-state index contributed by atoms with van der Waals surface area (Å²) < 4.78 is 3.23. The molecule has 0 aromatic carbocycles. The Morgan fingerprint density at radius 3 is 2.38 bits per heavy atom. The van der Waals surface area contributed by atoms with E-state index in [0.717, 1.165) is 9.25 Å². The summed E-state index contributed by atoms with van der Waals surface area (Å²) in [5.41, 5.74) is 0.410. The Bertz CT molecular complexity index is 843. The van der Waals surface area contributed by atoms with E-state index >= 15 is 0 Å². The van der Waals surface area contributed by atoms with Crippen molar-refractivity contribution in [3.8, 4) is 5.82 Å². The van der Waals surface area contributed by atoms with E-state index in [2.05, 4.69) is 10.2 Å². The minimum Gasteiger partial charge on any atom is -0.481 e. The van der Waals surface area contributed by atoms with Crippen molar-refractivity contribution in [2.24, 2.45) is 14.1 Å². The van der Waals surface area contributed by atoms with Gasteiger partial charge in [0.25, 0.3) is 0 Å². The van der Waals surface area contributed by atoms with Crippen LogP contribution in [0, 0.1) is 13.8 Å². The van der Waals surface area contributed by atoms with Crippen LogP contribution in [0.3, 0.4) is 0 Å². The average molecular weight is 293 g/mol. The molecule has 112 valence electrons. The molecule has 0 spiro atoms. The smallest absolute Gasteiger partial charge is 0.346 e. The molecule has 0 saturated carbocycles. The number of nitrogens with zero attached hydrogens (tertiary/aromatic N) is 5. The molecule has 9 heteroatoms. The second-order valence-electron chi connectivity index (χ2n) is 4.73. The van der Waals surface area contributed by atoms with Gasteiger partial charge in [0.15, 0.2) is 0 Å². The molecule has 0 radical (unpaired) electrons. The first-order chi connectivity index (χ1) is 9.73. The minimum atomic E-state index is -0.984. The van der Waals surface area contributed by atoms with Gasteiger partial charge in [-0.15, -0.1) is 5.10 Å². The van der Waals surface area contributed by atoms with E-state index in [-0.39, 0.29) is 12.2 Å². The Hall–Kier alpha value is -2.71. The molecule has 2 heterocycles. The van der Waals surface area contributed by atoms with Crippen molar-refractivity contribution in [2.75, 3.05) is 0 Å². The lowest BCUT2D eigenvalue weighted by Crippen LogP contribution is -2.41. The first-order valence-electron chi connectivity index (χ1n) is 6.15. The normalized spacial score (nSPS) is 10.9. The number of carbonyl (C=O) groups is 1. The van der Waals surface area contributed by atoms with Gasteiger partial charge in [0, 0.05) is 25.4 Å². The summed E-state index contributed by atoms with van der Waals surface area (Å²) in [6, 6.07) is 0. The summed E-state index contributed by atoms with van der Waals surface area (Å²) in [7, 11) is 2.77. The van der Waals surface area contributed by atoms with Gasteiger partial charge in [-0.05, 0) is 13.8 Å². The van der Waals surface area contributed by atoms with Crippen LogP contribution in [0.25, 0.3) is 5.82 Å². The Kier molecular flexibility index (Phi) is 3.50. The molecule has 1 N–H and O–H groups in total. The molecule has 0 fully saturated rings. The topological polar surface area (TPSA) is 112 Å². The van der Waals surface area contributed by atoms with Gasteiger partial charge in [-0.1, -0.05) is 0 Å². The maximum Gasteiger partial charge on any atom is 0.346 e. The highest BCUT2D eigenvalue weighted by atomic mass is 16.4. The Morgan fingerprint density at radius 2 is 1.81 bits per heavy atom. The van der Waals surface area contributed by atoms with Crippen LogP contribution in [-0.2, 0) is 25.3 Å². The first kappa shape index (κ1) is 14.7. The zero-order valence-corrected chi connectivity index (χ0v) is 12.1. The monoisotopic (exact) mass is 293 g/mol. The number of aryl methyl sites for hydroxylation is 2. The fourth-order valence-electron chi connectivity index (χ4n) is 2.10. The Balaban J connectivity index is 2.72. The molecule has 0 bridgehead atoms. The largest absolute Gasteiger partial charge is 0.481 e. The van der Waals surface area contributed by atoms with Crippen molar-refractivity contribution in [1.82, 2.24) is 24.1 Å². The van der Waals surface area contributed by atoms with Gasteiger partial charge in [0.05, 0.1) is 12.1 Å². The zero-order valence-electron chi connectivity index (χ0n) is 12.1. The van der Waals surface area contributed by atoms with Crippen molar-refractivity contribution in [3.63, 3.8) is 0 Å². The molecule has 2 rings (SSSR count). The van der Waals surface area contributed by atoms with Gasteiger partial charge in [0.2, 0.25) is 5.82 Å². The van der Waals surface area contributed by atoms with E-state index < -0.39 is 17.2 Å². The third-order valence-corrected chi connectivity index (χ3v) is 3.27. The number of carboxylic acids is 1. The quantitative estimate of drug-likeness (QED) is 0.769. The molecule has 0 aliphatic heterocycles.